The van der Waals surface area contributed by atoms with Crippen LogP contribution in [0, 0.1) is 0 Å². The van der Waals surface area contributed by atoms with E-state index >= 15 is 0 Å². The number of rotatable bonds is 3. The zero-order chi connectivity index (χ0) is 13.8. The minimum atomic E-state index is 0.760. The second kappa shape index (κ2) is 5.79. The van der Waals surface area contributed by atoms with E-state index in [1.54, 1.807) is 0 Å². The van der Waals surface area contributed by atoms with Gasteiger partial charge in [0.1, 0.15) is 0 Å². The maximum absolute atomic E-state index is 5.68. The number of nitrogens with two attached hydrogens (primary N) is 1. The Balaban J connectivity index is 1.75. The molecule has 0 bridgehead atoms. The van der Waals surface area contributed by atoms with Crippen molar-refractivity contribution < 1.29 is 4.74 Å². The number of hydrogen-bond donors (Lipinski definition) is 2. The molecule has 1 fully saturated rings. The van der Waals surface area contributed by atoms with E-state index in [1.165, 1.54) is 0 Å². The molecule has 1 aliphatic heterocycles. The molecule has 2 heterocycles. The van der Waals surface area contributed by atoms with Crippen LogP contribution in [0.5, 0.6) is 0 Å². The normalized spacial score (nSPS) is 15.1. The minimum Gasteiger partial charge on any atom is -0.399 e. The third-order valence-corrected chi connectivity index (χ3v) is 3.30. The molecule has 1 saturated heterocycles. The molecular weight excluding hydrogens is 252 g/mol. The molecule has 0 radical (unpaired) electrons. The van der Waals surface area contributed by atoms with Crippen LogP contribution in [-0.2, 0) is 4.74 Å². The molecule has 2 aromatic rings. The molecule has 0 aliphatic carbocycles. The van der Waals surface area contributed by atoms with E-state index < -0.39 is 0 Å². The Labute approximate surface area is 118 Å². The molecule has 5 nitrogen and oxygen atoms in total. The zero-order valence-electron chi connectivity index (χ0n) is 11.2. The lowest BCUT2D eigenvalue weighted by Crippen LogP contribution is -2.36. The third-order valence-electron chi connectivity index (χ3n) is 3.30. The fourth-order valence-corrected chi connectivity index (χ4v) is 2.22. The van der Waals surface area contributed by atoms with Crippen LogP contribution in [0.15, 0.2) is 42.7 Å². The summed E-state index contributed by atoms with van der Waals surface area (Å²) in [5.74, 6) is 0. The average molecular weight is 270 g/mol. The first kappa shape index (κ1) is 12.7. The lowest BCUT2D eigenvalue weighted by molar-refractivity contribution is 0.122. The van der Waals surface area contributed by atoms with Crippen LogP contribution in [-0.4, -0.2) is 31.3 Å². The van der Waals surface area contributed by atoms with Crippen LogP contribution >= 0.6 is 0 Å². The largest absolute Gasteiger partial charge is 0.399 e. The summed E-state index contributed by atoms with van der Waals surface area (Å²) in [7, 11) is 0. The summed E-state index contributed by atoms with van der Waals surface area (Å²) in [6.07, 6.45) is 3.71. The number of anilines is 4. The highest BCUT2D eigenvalue weighted by Gasteiger charge is 2.11. The minimum absolute atomic E-state index is 0.760. The van der Waals surface area contributed by atoms with Gasteiger partial charge in [-0.25, -0.2) is 0 Å². The highest BCUT2D eigenvalue weighted by atomic mass is 16.5. The van der Waals surface area contributed by atoms with Crippen molar-refractivity contribution >= 4 is 22.7 Å². The number of nitrogen functional groups attached to an aromatic ring is 1. The number of ether oxygens (including phenoxy) is 1. The SMILES string of the molecule is Nc1ccc(Nc2cncc(N3CCOCC3)c2)cc1. The van der Waals surface area contributed by atoms with Crippen LogP contribution in [0.1, 0.15) is 0 Å². The lowest BCUT2D eigenvalue weighted by Gasteiger charge is -2.28. The highest BCUT2D eigenvalue weighted by Crippen LogP contribution is 2.22. The van der Waals surface area contributed by atoms with Crippen molar-refractivity contribution in [2.75, 3.05) is 42.3 Å². The first-order valence-electron chi connectivity index (χ1n) is 6.71. The van der Waals surface area contributed by atoms with Gasteiger partial charge in [0, 0.05) is 24.5 Å². The molecule has 20 heavy (non-hydrogen) atoms. The smallest absolute Gasteiger partial charge is 0.0642 e. The van der Waals surface area contributed by atoms with Gasteiger partial charge >= 0.3 is 0 Å². The quantitative estimate of drug-likeness (QED) is 0.837. The van der Waals surface area contributed by atoms with Crippen molar-refractivity contribution in [1.29, 1.82) is 0 Å². The van der Waals surface area contributed by atoms with Crippen LogP contribution in [0.2, 0.25) is 0 Å². The number of nitrogens with zero attached hydrogens (tertiary/aromatic N) is 2. The van der Waals surface area contributed by atoms with E-state index in [4.69, 9.17) is 10.5 Å². The highest BCUT2D eigenvalue weighted by molar-refractivity contribution is 5.64. The summed E-state index contributed by atoms with van der Waals surface area (Å²) >= 11 is 0. The Morgan fingerprint density at radius 1 is 1.05 bits per heavy atom. The number of morpholine rings is 1. The first-order valence-corrected chi connectivity index (χ1v) is 6.71. The Hall–Kier alpha value is -2.27. The number of hydrogen-bond acceptors (Lipinski definition) is 5. The fraction of sp³-hybridized carbons (Fsp3) is 0.267. The molecule has 0 saturated carbocycles. The fourth-order valence-electron chi connectivity index (χ4n) is 2.22. The Kier molecular flexibility index (Phi) is 3.69. The van der Waals surface area contributed by atoms with Gasteiger partial charge in [0.25, 0.3) is 0 Å². The van der Waals surface area contributed by atoms with Crippen LogP contribution in [0.3, 0.4) is 0 Å². The van der Waals surface area contributed by atoms with Gasteiger partial charge in [-0.05, 0) is 30.3 Å². The summed E-state index contributed by atoms with van der Waals surface area (Å²) in [5, 5.41) is 3.33. The van der Waals surface area contributed by atoms with Crippen molar-refractivity contribution in [3.05, 3.63) is 42.7 Å². The van der Waals surface area contributed by atoms with E-state index in [0.29, 0.717) is 0 Å². The predicted molar refractivity (Wildman–Crippen MR) is 81.4 cm³/mol. The molecule has 1 aromatic heterocycles. The topological polar surface area (TPSA) is 63.4 Å². The Bertz CT molecular complexity index is 564. The van der Waals surface area contributed by atoms with E-state index in [9.17, 15) is 0 Å². The van der Waals surface area contributed by atoms with E-state index in [1.807, 2.05) is 36.7 Å². The molecule has 3 rings (SSSR count). The van der Waals surface area contributed by atoms with Crippen molar-refractivity contribution in [2.45, 2.75) is 0 Å². The van der Waals surface area contributed by atoms with Crippen molar-refractivity contribution in [2.24, 2.45) is 0 Å². The molecule has 0 amide bonds. The second-order valence-corrected chi connectivity index (χ2v) is 4.78. The van der Waals surface area contributed by atoms with E-state index in [0.717, 1.165) is 49.1 Å². The maximum Gasteiger partial charge on any atom is 0.0642 e. The van der Waals surface area contributed by atoms with Gasteiger partial charge in [0.2, 0.25) is 0 Å². The van der Waals surface area contributed by atoms with Crippen molar-refractivity contribution in [1.82, 2.24) is 4.98 Å². The Morgan fingerprint density at radius 2 is 1.80 bits per heavy atom. The summed E-state index contributed by atoms with van der Waals surface area (Å²) < 4.78 is 5.37. The summed E-state index contributed by atoms with van der Waals surface area (Å²) in [6.45, 7) is 3.37. The molecule has 0 atom stereocenters. The molecule has 0 unspecified atom stereocenters. The van der Waals surface area contributed by atoms with Gasteiger partial charge in [-0.15, -0.1) is 0 Å². The number of nitrogens with one attached hydrogen (secondary N) is 1. The summed E-state index contributed by atoms with van der Waals surface area (Å²) in [6, 6.07) is 9.77. The van der Waals surface area contributed by atoms with Crippen molar-refractivity contribution in [3.8, 4) is 0 Å². The lowest BCUT2D eigenvalue weighted by atomic mass is 10.2. The third kappa shape index (κ3) is 3.00. The predicted octanol–water partition coefficient (Wildman–Crippen LogP) is 2.24. The second-order valence-electron chi connectivity index (χ2n) is 4.78. The molecule has 1 aromatic carbocycles. The van der Waals surface area contributed by atoms with Crippen molar-refractivity contribution in [3.63, 3.8) is 0 Å². The van der Waals surface area contributed by atoms with Gasteiger partial charge in [-0.1, -0.05) is 0 Å². The molecule has 3 N–H and O–H groups in total. The first-order chi connectivity index (χ1) is 9.81. The van der Waals surface area contributed by atoms with Gasteiger partial charge in [0.15, 0.2) is 0 Å². The van der Waals surface area contributed by atoms with E-state index in [2.05, 4.69) is 21.3 Å². The summed E-state index contributed by atoms with van der Waals surface area (Å²) in [4.78, 5) is 6.59. The molecule has 0 spiro atoms. The van der Waals surface area contributed by atoms with Crippen LogP contribution in [0.4, 0.5) is 22.7 Å². The Morgan fingerprint density at radius 3 is 2.55 bits per heavy atom. The standard InChI is InChI=1S/C15H18N4O/c16-12-1-3-13(4-2-12)18-14-9-15(11-17-10-14)19-5-7-20-8-6-19/h1-4,9-11,18H,5-8,16H2. The maximum atomic E-state index is 5.68. The van der Waals surface area contributed by atoms with Crippen LogP contribution < -0.4 is 16.0 Å². The van der Waals surface area contributed by atoms with Gasteiger partial charge in [0.05, 0.1) is 37.0 Å². The monoisotopic (exact) mass is 270 g/mol. The average Bonchev–Trinajstić information content (AvgIpc) is 2.51. The molecule has 1 aliphatic rings. The molecule has 104 valence electrons. The zero-order valence-corrected chi connectivity index (χ0v) is 11.2. The number of aromatic nitrogens is 1. The molecular formula is C15H18N4O. The molecule has 5 heteroatoms. The van der Waals surface area contributed by atoms with Crippen LogP contribution in [0.25, 0.3) is 0 Å². The van der Waals surface area contributed by atoms with Gasteiger partial charge < -0.3 is 20.7 Å². The van der Waals surface area contributed by atoms with Gasteiger partial charge in [-0.3, -0.25) is 4.98 Å². The summed E-state index contributed by atoms with van der Waals surface area (Å²) in [5.41, 5.74) is 9.53. The number of pyridine rings is 1. The van der Waals surface area contributed by atoms with Gasteiger partial charge in [-0.2, -0.15) is 0 Å². The number of benzene rings is 1. The van der Waals surface area contributed by atoms with E-state index in [-0.39, 0.29) is 0 Å².